The fraction of sp³-hybridized carbons (Fsp3) is 0.480. The SMILES string of the molecule is CCCCc1ccc(C(=O)Oc2ccc(C3CCC(CC)CC3)cc2)cc1. The molecular formula is C25H32O2. The molecule has 3 rings (SSSR count). The Balaban J connectivity index is 1.55. The summed E-state index contributed by atoms with van der Waals surface area (Å²) in [4.78, 5) is 12.4. The molecule has 144 valence electrons. The second-order valence-corrected chi connectivity index (χ2v) is 7.88. The van der Waals surface area contributed by atoms with Crippen molar-refractivity contribution in [2.24, 2.45) is 5.92 Å². The van der Waals surface area contributed by atoms with Gasteiger partial charge in [-0.15, -0.1) is 0 Å². The molecule has 0 aliphatic heterocycles. The van der Waals surface area contributed by atoms with Gasteiger partial charge >= 0.3 is 5.97 Å². The van der Waals surface area contributed by atoms with Crippen LogP contribution in [0.3, 0.4) is 0 Å². The van der Waals surface area contributed by atoms with Crippen LogP contribution in [0.2, 0.25) is 0 Å². The summed E-state index contributed by atoms with van der Waals surface area (Å²) >= 11 is 0. The number of rotatable bonds is 7. The average molecular weight is 365 g/mol. The van der Waals surface area contributed by atoms with Crippen LogP contribution in [0.4, 0.5) is 0 Å². The van der Waals surface area contributed by atoms with E-state index in [1.807, 2.05) is 36.4 Å². The number of aryl methyl sites for hydroxylation is 1. The molecule has 0 atom stereocenters. The zero-order valence-corrected chi connectivity index (χ0v) is 16.7. The lowest BCUT2D eigenvalue weighted by molar-refractivity contribution is 0.0734. The van der Waals surface area contributed by atoms with Crippen molar-refractivity contribution in [3.8, 4) is 5.75 Å². The van der Waals surface area contributed by atoms with E-state index < -0.39 is 0 Å². The van der Waals surface area contributed by atoms with Gasteiger partial charge in [-0.2, -0.15) is 0 Å². The average Bonchev–Trinajstić information content (AvgIpc) is 2.73. The van der Waals surface area contributed by atoms with Crippen LogP contribution in [0.15, 0.2) is 48.5 Å². The summed E-state index contributed by atoms with van der Waals surface area (Å²) in [7, 11) is 0. The van der Waals surface area contributed by atoms with E-state index in [9.17, 15) is 4.79 Å². The Labute approximate surface area is 164 Å². The van der Waals surface area contributed by atoms with Crippen LogP contribution < -0.4 is 4.74 Å². The molecule has 1 aliphatic carbocycles. The highest BCUT2D eigenvalue weighted by molar-refractivity contribution is 5.91. The first-order chi connectivity index (χ1) is 13.2. The minimum atomic E-state index is -0.284. The first kappa shape index (κ1) is 19.7. The summed E-state index contributed by atoms with van der Waals surface area (Å²) in [5.41, 5.74) is 3.26. The molecule has 0 saturated heterocycles. The first-order valence-corrected chi connectivity index (χ1v) is 10.6. The van der Waals surface area contributed by atoms with E-state index >= 15 is 0 Å². The lowest BCUT2D eigenvalue weighted by Crippen LogP contribution is -2.12. The van der Waals surface area contributed by atoms with Gasteiger partial charge in [-0.25, -0.2) is 4.79 Å². The topological polar surface area (TPSA) is 26.3 Å². The van der Waals surface area contributed by atoms with Crippen molar-refractivity contribution in [1.82, 2.24) is 0 Å². The Kier molecular flexibility index (Phi) is 7.09. The largest absolute Gasteiger partial charge is 0.423 e. The van der Waals surface area contributed by atoms with Crippen LogP contribution in [0, 0.1) is 5.92 Å². The molecule has 1 fully saturated rings. The molecular weight excluding hydrogens is 332 g/mol. The molecule has 0 N–H and O–H groups in total. The van der Waals surface area contributed by atoms with Gasteiger partial charge in [0.25, 0.3) is 0 Å². The summed E-state index contributed by atoms with van der Waals surface area (Å²) in [5.74, 6) is 1.91. The summed E-state index contributed by atoms with van der Waals surface area (Å²) < 4.78 is 5.56. The van der Waals surface area contributed by atoms with Crippen LogP contribution in [0.1, 0.15) is 86.2 Å². The number of ether oxygens (including phenoxy) is 1. The molecule has 2 aromatic rings. The minimum absolute atomic E-state index is 0.284. The third-order valence-corrected chi connectivity index (χ3v) is 5.99. The van der Waals surface area contributed by atoms with Gasteiger partial charge in [0.05, 0.1) is 5.56 Å². The standard InChI is InChI=1S/C25H32O2/c1-3-5-6-20-9-13-23(14-10-20)25(26)27-24-17-15-22(16-18-24)21-11-7-19(4-2)8-12-21/h9-10,13-19,21H,3-8,11-12H2,1-2H3. The van der Waals surface area contributed by atoms with Gasteiger partial charge in [-0.1, -0.05) is 51.0 Å². The molecule has 1 aliphatic rings. The molecule has 0 radical (unpaired) electrons. The predicted molar refractivity (Wildman–Crippen MR) is 111 cm³/mol. The van der Waals surface area contributed by atoms with Crippen LogP contribution in [0.25, 0.3) is 0 Å². The van der Waals surface area contributed by atoms with Gasteiger partial charge in [0.2, 0.25) is 0 Å². The third kappa shape index (κ3) is 5.45. The molecule has 27 heavy (non-hydrogen) atoms. The lowest BCUT2D eigenvalue weighted by atomic mass is 9.78. The summed E-state index contributed by atoms with van der Waals surface area (Å²) in [6.07, 6.45) is 9.97. The van der Waals surface area contributed by atoms with Crippen LogP contribution in [-0.2, 0) is 6.42 Å². The van der Waals surface area contributed by atoms with E-state index in [4.69, 9.17) is 4.74 Å². The minimum Gasteiger partial charge on any atom is -0.423 e. The van der Waals surface area contributed by atoms with E-state index in [1.165, 1.54) is 56.1 Å². The normalized spacial score (nSPS) is 19.6. The maximum absolute atomic E-state index is 12.4. The second-order valence-electron chi connectivity index (χ2n) is 7.88. The van der Waals surface area contributed by atoms with Crippen molar-refractivity contribution in [3.63, 3.8) is 0 Å². The number of carbonyl (C=O) groups excluding carboxylic acids is 1. The fourth-order valence-electron chi connectivity index (χ4n) is 4.07. The van der Waals surface area contributed by atoms with Crippen molar-refractivity contribution in [3.05, 3.63) is 65.2 Å². The number of esters is 1. The summed E-state index contributed by atoms with van der Waals surface area (Å²) in [6.45, 7) is 4.49. The Bertz CT molecular complexity index is 707. The lowest BCUT2D eigenvalue weighted by Gasteiger charge is -2.28. The molecule has 0 bridgehead atoms. The summed E-state index contributed by atoms with van der Waals surface area (Å²) in [6, 6.07) is 15.9. The Morgan fingerprint density at radius 1 is 0.926 bits per heavy atom. The van der Waals surface area contributed by atoms with Gasteiger partial charge in [0.15, 0.2) is 0 Å². The Morgan fingerprint density at radius 2 is 1.59 bits per heavy atom. The number of carbonyl (C=O) groups is 1. The van der Waals surface area contributed by atoms with Crippen molar-refractivity contribution in [1.29, 1.82) is 0 Å². The van der Waals surface area contributed by atoms with Crippen molar-refractivity contribution >= 4 is 5.97 Å². The zero-order valence-electron chi connectivity index (χ0n) is 16.7. The third-order valence-electron chi connectivity index (χ3n) is 5.99. The van der Waals surface area contributed by atoms with Gasteiger partial charge in [0, 0.05) is 0 Å². The van der Waals surface area contributed by atoms with E-state index in [-0.39, 0.29) is 5.97 Å². The molecule has 0 aromatic heterocycles. The van der Waals surface area contributed by atoms with E-state index in [2.05, 4.69) is 26.0 Å². The van der Waals surface area contributed by atoms with Crippen molar-refractivity contribution in [2.75, 3.05) is 0 Å². The molecule has 1 saturated carbocycles. The van der Waals surface area contributed by atoms with E-state index in [0.717, 1.165) is 12.3 Å². The smallest absolute Gasteiger partial charge is 0.343 e. The van der Waals surface area contributed by atoms with E-state index in [0.29, 0.717) is 17.2 Å². The van der Waals surface area contributed by atoms with Gasteiger partial charge < -0.3 is 4.74 Å². The molecule has 2 heteroatoms. The highest BCUT2D eigenvalue weighted by atomic mass is 16.5. The number of unbranched alkanes of at least 4 members (excludes halogenated alkanes) is 1. The molecule has 0 spiro atoms. The second kappa shape index (κ2) is 9.73. The molecule has 2 nitrogen and oxygen atoms in total. The van der Waals surface area contributed by atoms with Crippen LogP contribution >= 0.6 is 0 Å². The Hall–Kier alpha value is -2.09. The highest BCUT2D eigenvalue weighted by Crippen LogP contribution is 2.37. The quantitative estimate of drug-likeness (QED) is 0.393. The predicted octanol–water partition coefficient (Wildman–Crippen LogP) is 6.93. The molecule has 0 amide bonds. The first-order valence-electron chi connectivity index (χ1n) is 10.6. The van der Waals surface area contributed by atoms with Gasteiger partial charge in [0.1, 0.15) is 5.75 Å². The molecule has 2 aromatic carbocycles. The molecule has 0 heterocycles. The molecule has 0 unspecified atom stereocenters. The zero-order chi connectivity index (χ0) is 19.1. The monoisotopic (exact) mass is 364 g/mol. The number of hydrogen-bond acceptors (Lipinski definition) is 2. The fourth-order valence-corrected chi connectivity index (χ4v) is 4.07. The van der Waals surface area contributed by atoms with Crippen LogP contribution in [0.5, 0.6) is 5.75 Å². The van der Waals surface area contributed by atoms with Gasteiger partial charge in [-0.05, 0) is 85.8 Å². The highest BCUT2D eigenvalue weighted by Gasteiger charge is 2.21. The van der Waals surface area contributed by atoms with Crippen molar-refractivity contribution in [2.45, 2.75) is 71.1 Å². The summed E-state index contributed by atoms with van der Waals surface area (Å²) in [5, 5.41) is 0. The number of hydrogen-bond donors (Lipinski definition) is 0. The van der Waals surface area contributed by atoms with Crippen molar-refractivity contribution < 1.29 is 9.53 Å². The Morgan fingerprint density at radius 3 is 2.19 bits per heavy atom. The van der Waals surface area contributed by atoms with E-state index in [1.54, 1.807) is 0 Å². The van der Waals surface area contributed by atoms with Crippen LogP contribution in [-0.4, -0.2) is 5.97 Å². The maximum atomic E-state index is 12.4. The maximum Gasteiger partial charge on any atom is 0.343 e. The van der Waals surface area contributed by atoms with Gasteiger partial charge in [-0.3, -0.25) is 0 Å². The number of benzene rings is 2.